The number of nitrogens with one attached hydrogen (secondary N) is 4. The van der Waals surface area contributed by atoms with Crippen molar-refractivity contribution in [3.8, 4) is 0 Å². The molecule has 5 amide bonds. The molecule has 2 saturated carbocycles. The van der Waals surface area contributed by atoms with E-state index in [-0.39, 0.29) is 42.8 Å². The lowest BCUT2D eigenvalue weighted by atomic mass is 9.85. The van der Waals surface area contributed by atoms with Crippen molar-refractivity contribution in [1.82, 2.24) is 30.5 Å². The lowest BCUT2D eigenvalue weighted by molar-refractivity contribution is -0.145. The van der Waals surface area contributed by atoms with Crippen LogP contribution in [0.3, 0.4) is 0 Å². The molecule has 0 spiro atoms. The Labute approximate surface area is 317 Å². The zero-order chi connectivity index (χ0) is 40.7. The number of hydrogen-bond acceptors (Lipinski definition) is 7. The number of ketones is 1. The van der Waals surface area contributed by atoms with E-state index in [0.29, 0.717) is 12.5 Å². The van der Waals surface area contributed by atoms with Gasteiger partial charge in [0.2, 0.25) is 27.6 Å². The van der Waals surface area contributed by atoms with Crippen LogP contribution in [0.1, 0.15) is 74.7 Å². The van der Waals surface area contributed by atoms with Gasteiger partial charge in [0.05, 0.1) is 6.04 Å². The number of hydrogen-bond donors (Lipinski definition) is 4. The molecular formula is C38H56F2N6O7S. The number of benzene rings is 1. The number of Topliss-reactive ketones (excluding diaryl/α,β-unsaturated/α-hetero) is 1. The second-order valence-electron chi connectivity index (χ2n) is 17.7. The molecule has 4 N–H and O–H groups in total. The molecule has 3 fully saturated rings. The molecule has 300 valence electrons. The third-order valence-electron chi connectivity index (χ3n) is 11.1. The van der Waals surface area contributed by atoms with Crippen LogP contribution in [0.15, 0.2) is 35.7 Å². The molecule has 1 aromatic carbocycles. The molecule has 0 aromatic heterocycles. The summed E-state index contributed by atoms with van der Waals surface area (Å²) in [5, 5.41) is 10.9. The average Bonchev–Trinajstić information content (AvgIpc) is 3.91. The van der Waals surface area contributed by atoms with Gasteiger partial charge in [0.1, 0.15) is 28.6 Å². The first-order chi connectivity index (χ1) is 24.8. The molecule has 2 aliphatic carbocycles. The first kappa shape index (κ1) is 42.8. The number of carbonyl (C=O) groups excluding carboxylic acids is 5. The zero-order valence-electron chi connectivity index (χ0n) is 32.7. The van der Waals surface area contributed by atoms with E-state index in [1.54, 1.807) is 41.5 Å². The normalized spacial score (nSPS) is 22.4. The van der Waals surface area contributed by atoms with Crippen molar-refractivity contribution in [2.24, 2.45) is 34.0 Å². The number of carbonyl (C=O) groups is 5. The Kier molecular flexibility index (Phi) is 12.4. The number of likely N-dealkylation sites (tertiary alicyclic amines) is 1. The van der Waals surface area contributed by atoms with Crippen LogP contribution in [-0.2, 0) is 29.2 Å². The fourth-order valence-electron chi connectivity index (χ4n) is 7.29. The van der Waals surface area contributed by atoms with E-state index in [4.69, 9.17) is 0 Å². The van der Waals surface area contributed by atoms with Gasteiger partial charge in [-0.15, -0.1) is 6.58 Å². The molecule has 54 heavy (non-hydrogen) atoms. The molecular weight excluding hydrogens is 723 g/mol. The Balaban J connectivity index is 1.53. The fraction of sp³-hybridized carbons (Fsp3) is 0.658. The summed E-state index contributed by atoms with van der Waals surface area (Å²) in [6.07, 6.45) is 3.52. The standard InChI is InChI=1S/C38H56F2N6O7S/c1-11-16-41-33(49)30(47)25(17-21-12-13-21)42-32(48)29-28-23(38(28,8)9)19-46(29)34(50)31(37(5,6)7)44-35(51)43-27(36(2,3)4)20-45(10)54(52,53)26-15-14-22(39)18-24(26)40/h11,14-15,18,21,23,25,27-29,31H,1,12-13,16-17,19-20H2,2-10H3,(H,41,49)(H,42,48)(H2,43,44,51)/t23-,25?,27+,28-,29-,31+/m0/s1. The number of sulfonamides is 1. The van der Waals surface area contributed by atoms with Gasteiger partial charge in [-0.3, -0.25) is 19.2 Å². The molecule has 0 bridgehead atoms. The van der Waals surface area contributed by atoms with Crippen molar-refractivity contribution >= 4 is 39.6 Å². The minimum Gasteiger partial charge on any atom is -0.346 e. The van der Waals surface area contributed by atoms with Gasteiger partial charge >= 0.3 is 6.03 Å². The van der Waals surface area contributed by atoms with Crippen LogP contribution >= 0.6 is 0 Å². The average molecular weight is 779 g/mol. The highest BCUT2D eigenvalue weighted by atomic mass is 32.2. The van der Waals surface area contributed by atoms with Gasteiger partial charge in [-0.2, -0.15) is 4.31 Å². The number of halogens is 2. The van der Waals surface area contributed by atoms with Crippen LogP contribution in [0.4, 0.5) is 13.6 Å². The van der Waals surface area contributed by atoms with Crippen LogP contribution in [-0.4, -0.2) is 98.0 Å². The van der Waals surface area contributed by atoms with E-state index in [0.717, 1.165) is 29.3 Å². The summed E-state index contributed by atoms with van der Waals surface area (Å²) in [4.78, 5) is 68.8. The number of piperidine rings is 1. The molecule has 13 nitrogen and oxygen atoms in total. The van der Waals surface area contributed by atoms with Crippen LogP contribution in [0, 0.1) is 45.6 Å². The van der Waals surface area contributed by atoms with Crippen molar-refractivity contribution in [3.63, 3.8) is 0 Å². The lowest BCUT2D eigenvalue weighted by Gasteiger charge is -2.39. The summed E-state index contributed by atoms with van der Waals surface area (Å²) in [6, 6.07) is -2.62. The predicted molar refractivity (Wildman–Crippen MR) is 198 cm³/mol. The molecule has 4 rings (SSSR count). The van der Waals surface area contributed by atoms with Crippen molar-refractivity contribution in [2.75, 3.05) is 26.7 Å². The molecule has 1 heterocycles. The van der Waals surface area contributed by atoms with Gasteiger partial charge in [0.25, 0.3) is 5.91 Å². The molecule has 3 aliphatic rings. The monoisotopic (exact) mass is 778 g/mol. The van der Waals surface area contributed by atoms with Gasteiger partial charge in [-0.25, -0.2) is 22.0 Å². The van der Waals surface area contributed by atoms with Gasteiger partial charge in [-0.1, -0.05) is 74.3 Å². The van der Waals surface area contributed by atoms with E-state index in [2.05, 4.69) is 27.8 Å². The van der Waals surface area contributed by atoms with E-state index in [1.165, 1.54) is 18.0 Å². The van der Waals surface area contributed by atoms with Crippen molar-refractivity contribution in [3.05, 3.63) is 42.5 Å². The number of likely N-dealkylation sites (N-methyl/N-ethyl adjacent to an activating group) is 1. The lowest BCUT2D eigenvalue weighted by Crippen LogP contribution is -2.62. The SMILES string of the molecule is C=CCNC(=O)C(=O)C(CC1CC1)NC(=O)[C@@H]1[C@@H]2[C@H](CN1C(=O)[C@@H](NC(=O)N[C@H](CN(C)S(=O)(=O)c1ccc(F)cc1F)C(C)(C)C)C(C)(C)C)C2(C)C. The summed E-state index contributed by atoms with van der Waals surface area (Å²) in [7, 11) is -3.20. The third-order valence-corrected chi connectivity index (χ3v) is 12.9. The highest BCUT2D eigenvalue weighted by molar-refractivity contribution is 7.89. The Morgan fingerprint density at radius 1 is 1.02 bits per heavy atom. The largest absolute Gasteiger partial charge is 0.346 e. The van der Waals surface area contributed by atoms with Crippen molar-refractivity contribution in [2.45, 2.75) is 104 Å². The summed E-state index contributed by atoms with van der Waals surface area (Å²) in [5.41, 5.74) is -1.85. The van der Waals surface area contributed by atoms with Crippen LogP contribution in [0.5, 0.6) is 0 Å². The number of nitrogens with zero attached hydrogens (tertiary/aromatic N) is 2. The predicted octanol–water partition coefficient (Wildman–Crippen LogP) is 3.35. The van der Waals surface area contributed by atoms with Crippen molar-refractivity contribution in [1.29, 1.82) is 0 Å². The molecule has 0 radical (unpaired) electrons. The maximum Gasteiger partial charge on any atom is 0.315 e. The highest BCUT2D eigenvalue weighted by Crippen LogP contribution is 2.65. The molecule has 1 aromatic rings. The first-order valence-corrected chi connectivity index (χ1v) is 19.8. The van der Waals surface area contributed by atoms with Crippen molar-refractivity contribution < 1.29 is 41.2 Å². The topological polar surface area (TPSA) is 174 Å². The van der Waals surface area contributed by atoms with Gasteiger partial charge in [0.15, 0.2) is 0 Å². The smallest absolute Gasteiger partial charge is 0.315 e. The Morgan fingerprint density at radius 3 is 2.19 bits per heavy atom. The summed E-state index contributed by atoms with van der Waals surface area (Å²) in [6.45, 7) is 18.2. The number of fused-ring (bicyclic) bond motifs is 1. The number of amides is 5. The fourth-order valence-corrected chi connectivity index (χ4v) is 8.51. The minimum absolute atomic E-state index is 0.00572. The quantitative estimate of drug-likeness (QED) is 0.156. The molecule has 1 unspecified atom stereocenters. The van der Waals surface area contributed by atoms with E-state index < -0.39 is 91.1 Å². The maximum absolute atomic E-state index is 14.5. The summed E-state index contributed by atoms with van der Waals surface area (Å²) < 4.78 is 55.4. The zero-order valence-corrected chi connectivity index (χ0v) is 33.5. The number of rotatable bonds is 15. The first-order valence-electron chi connectivity index (χ1n) is 18.3. The van der Waals surface area contributed by atoms with E-state index in [9.17, 15) is 41.2 Å². The van der Waals surface area contributed by atoms with E-state index >= 15 is 0 Å². The number of urea groups is 1. The Hall–Kier alpha value is -3.92. The summed E-state index contributed by atoms with van der Waals surface area (Å²) >= 11 is 0. The molecule has 16 heteroatoms. The molecule has 1 aliphatic heterocycles. The van der Waals surface area contributed by atoms with Crippen LogP contribution in [0.25, 0.3) is 0 Å². The van der Waals surface area contributed by atoms with E-state index in [1.807, 2.05) is 13.8 Å². The van der Waals surface area contributed by atoms with Crippen LogP contribution < -0.4 is 21.3 Å². The van der Waals surface area contributed by atoms with Gasteiger partial charge in [0, 0.05) is 38.8 Å². The summed E-state index contributed by atoms with van der Waals surface area (Å²) in [5.74, 6) is -4.83. The van der Waals surface area contributed by atoms with Crippen LogP contribution in [0.2, 0.25) is 0 Å². The minimum atomic E-state index is -4.43. The molecule has 6 atom stereocenters. The third kappa shape index (κ3) is 9.47. The maximum atomic E-state index is 14.5. The van der Waals surface area contributed by atoms with Gasteiger partial charge in [-0.05, 0) is 52.6 Å². The highest BCUT2D eigenvalue weighted by Gasteiger charge is 2.70. The second-order valence-corrected chi connectivity index (χ2v) is 19.7. The Bertz CT molecular complexity index is 1770. The van der Waals surface area contributed by atoms with Gasteiger partial charge < -0.3 is 26.2 Å². The Morgan fingerprint density at radius 2 is 1.65 bits per heavy atom. The molecule has 1 saturated heterocycles. The second kappa shape index (κ2) is 15.7.